The number of benzene rings is 1. The Bertz CT molecular complexity index is 786. The van der Waals surface area contributed by atoms with Gasteiger partial charge in [0.05, 0.1) is 26.3 Å². The minimum atomic E-state index is -0.867. The van der Waals surface area contributed by atoms with Gasteiger partial charge in [-0.1, -0.05) is 12.1 Å². The maximum absolute atomic E-state index is 12.3. The zero-order valence-electron chi connectivity index (χ0n) is 14.2. The van der Waals surface area contributed by atoms with Gasteiger partial charge in [-0.15, -0.1) is 0 Å². The molecule has 0 saturated carbocycles. The minimum Gasteiger partial charge on any atom is -0.497 e. The van der Waals surface area contributed by atoms with Gasteiger partial charge in [-0.3, -0.25) is 14.5 Å². The van der Waals surface area contributed by atoms with Crippen molar-refractivity contribution in [1.82, 2.24) is 15.5 Å². The smallest absolute Gasteiger partial charge is 0.325 e. The van der Waals surface area contributed by atoms with Gasteiger partial charge in [0.15, 0.2) is 0 Å². The molecular formula is C18H19N3O5. The fourth-order valence-corrected chi connectivity index (χ4v) is 2.62. The summed E-state index contributed by atoms with van der Waals surface area (Å²) in [6, 6.07) is 9.24. The van der Waals surface area contributed by atoms with Gasteiger partial charge in [-0.25, -0.2) is 4.79 Å². The van der Waals surface area contributed by atoms with Gasteiger partial charge in [0, 0.05) is 6.54 Å². The van der Waals surface area contributed by atoms with E-state index in [1.807, 2.05) is 12.1 Å². The molecule has 1 aromatic heterocycles. The van der Waals surface area contributed by atoms with Crippen molar-refractivity contribution in [3.8, 4) is 5.75 Å². The molecule has 0 spiro atoms. The van der Waals surface area contributed by atoms with E-state index in [-0.39, 0.29) is 18.9 Å². The van der Waals surface area contributed by atoms with E-state index in [1.165, 1.54) is 6.26 Å². The van der Waals surface area contributed by atoms with Crippen LogP contribution in [0.4, 0.5) is 4.79 Å². The number of carbonyl (C=O) groups excluding carboxylic acids is 3. The number of imide groups is 1. The highest BCUT2D eigenvalue weighted by molar-refractivity contribution is 6.05. The Morgan fingerprint density at radius 2 is 2.04 bits per heavy atom. The van der Waals surface area contributed by atoms with Crippen molar-refractivity contribution in [2.75, 3.05) is 7.11 Å². The highest BCUT2D eigenvalue weighted by Crippen LogP contribution is 2.15. The Kier molecular flexibility index (Phi) is 5.21. The summed E-state index contributed by atoms with van der Waals surface area (Å²) >= 11 is 0. The van der Waals surface area contributed by atoms with Crippen LogP contribution < -0.4 is 15.4 Å². The molecular weight excluding hydrogens is 338 g/mol. The van der Waals surface area contributed by atoms with Crippen LogP contribution in [0.15, 0.2) is 47.1 Å². The predicted octanol–water partition coefficient (Wildman–Crippen LogP) is 1.42. The summed E-state index contributed by atoms with van der Waals surface area (Å²) in [7, 11) is 1.58. The molecule has 26 heavy (non-hydrogen) atoms. The maximum atomic E-state index is 12.3. The normalized spacial score (nSPS) is 16.5. The highest BCUT2D eigenvalue weighted by atomic mass is 16.5. The predicted molar refractivity (Wildman–Crippen MR) is 91.0 cm³/mol. The monoisotopic (exact) mass is 357 g/mol. The van der Waals surface area contributed by atoms with Crippen LogP contribution >= 0.6 is 0 Å². The second-order valence-electron chi connectivity index (χ2n) is 5.83. The Labute approximate surface area is 150 Å². The molecule has 0 bridgehead atoms. The second kappa shape index (κ2) is 7.73. The number of hydrogen-bond acceptors (Lipinski definition) is 5. The van der Waals surface area contributed by atoms with E-state index in [0.717, 1.165) is 16.2 Å². The van der Waals surface area contributed by atoms with Crippen LogP contribution in [0.3, 0.4) is 0 Å². The van der Waals surface area contributed by atoms with Crippen LogP contribution in [-0.4, -0.2) is 35.9 Å². The third-order valence-electron chi connectivity index (χ3n) is 4.04. The van der Waals surface area contributed by atoms with Crippen LogP contribution in [0.25, 0.3) is 0 Å². The molecule has 1 aromatic carbocycles. The van der Waals surface area contributed by atoms with E-state index < -0.39 is 18.0 Å². The van der Waals surface area contributed by atoms with Gasteiger partial charge in [-0.2, -0.15) is 0 Å². The first kappa shape index (κ1) is 17.5. The van der Waals surface area contributed by atoms with Gasteiger partial charge in [0.2, 0.25) is 5.91 Å². The molecule has 0 unspecified atom stereocenters. The van der Waals surface area contributed by atoms with E-state index in [9.17, 15) is 14.4 Å². The van der Waals surface area contributed by atoms with Crippen LogP contribution in [-0.2, 0) is 22.7 Å². The van der Waals surface area contributed by atoms with E-state index >= 15 is 0 Å². The molecule has 4 amide bonds. The summed E-state index contributed by atoms with van der Waals surface area (Å²) in [5.41, 5.74) is 0.903. The Morgan fingerprint density at radius 3 is 2.69 bits per heavy atom. The summed E-state index contributed by atoms with van der Waals surface area (Å²) < 4.78 is 10.2. The van der Waals surface area contributed by atoms with Crippen molar-refractivity contribution in [2.45, 2.75) is 25.6 Å². The summed E-state index contributed by atoms with van der Waals surface area (Å²) in [6.07, 6.45) is 1.35. The number of nitrogens with zero attached hydrogens (tertiary/aromatic N) is 1. The molecule has 8 nitrogen and oxygen atoms in total. The average Bonchev–Trinajstić information content (AvgIpc) is 3.25. The first-order valence-electron chi connectivity index (χ1n) is 8.10. The topological polar surface area (TPSA) is 101 Å². The number of methoxy groups -OCH3 is 1. The lowest BCUT2D eigenvalue weighted by atomic mass is 10.1. The number of furan rings is 1. The molecule has 1 atom stereocenters. The molecule has 0 radical (unpaired) electrons. The summed E-state index contributed by atoms with van der Waals surface area (Å²) in [5.74, 6) is 0.472. The first-order valence-corrected chi connectivity index (χ1v) is 8.10. The van der Waals surface area contributed by atoms with Crippen molar-refractivity contribution in [3.05, 3.63) is 54.0 Å². The van der Waals surface area contributed by atoms with Crippen molar-refractivity contribution in [1.29, 1.82) is 0 Å². The van der Waals surface area contributed by atoms with Gasteiger partial charge in [0.25, 0.3) is 5.91 Å². The molecule has 3 rings (SSSR count). The molecule has 2 N–H and O–H groups in total. The number of rotatable bonds is 7. The van der Waals surface area contributed by atoms with Crippen molar-refractivity contribution < 1.29 is 23.5 Å². The highest BCUT2D eigenvalue weighted by Gasteiger charge is 2.39. The number of ether oxygens (including phenoxy) is 1. The van der Waals surface area contributed by atoms with Crippen LogP contribution in [0.2, 0.25) is 0 Å². The zero-order chi connectivity index (χ0) is 18.5. The molecule has 1 aliphatic heterocycles. The first-order chi connectivity index (χ1) is 12.6. The van der Waals surface area contributed by atoms with E-state index in [0.29, 0.717) is 12.3 Å². The third kappa shape index (κ3) is 4.02. The molecule has 136 valence electrons. The zero-order valence-corrected chi connectivity index (χ0v) is 14.2. The number of urea groups is 1. The molecule has 2 heterocycles. The average molecular weight is 357 g/mol. The lowest BCUT2D eigenvalue weighted by Gasteiger charge is -2.11. The van der Waals surface area contributed by atoms with Gasteiger partial charge < -0.3 is 19.8 Å². The SMILES string of the molecule is COc1ccc(CNC(=O)C[C@@H]2NC(=O)N(Cc3ccco3)C2=O)cc1. The van der Waals surface area contributed by atoms with Crippen LogP contribution in [0, 0.1) is 0 Å². The molecule has 8 heteroatoms. The fraction of sp³-hybridized carbons (Fsp3) is 0.278. The van der Waals surface area contributed by atoms with Crippen LogP contribution in [0.1, 0.15) is 17.7 Å². The van der Waals surface area contributed by atoms with E-state index in [2.05, 4.69) is 10.6 Å². The lowest BCUT2D eigenvalue weighted by molar-refractivity contribution is -0.131. The standard InChI is InChI=1S/C18H19N3O5/c1-25-13-6-4-12(5-7-13)10-19-16(22)9-15-17(23)21(18(24)20-15)11-14-3-2-8-26-14/h2-8,15H,9-11H2,1H3,(H,19,22)(H,20,24)/t15-/m0/s1. The van der Waals surface area contributed by atoms with Crippen LogP contribution in [0.5, 0.6) is 5.75 Å². The quantitative estimate of drug-likeness (QED) is 0.730. The van der Waals surface area contributed by atoms with Crippen molar-refractivity contribution in [3.63, 3.8) is 0 Å². The molecule has 2 aromatic rings. The number of amides is 4. The molecule has 0 aliphatic carbocycles. The molecule has 1 fully saturated rings. The van der Waals surface area contributed by atoms with Gasteiger partial charge in [0.1, 0.15) is 17.6 Å². The number of carbonyl (C=O) groups is 3. The summed E-state index contributed by atoms with van der Waals surface area (Å²) in [6.45, 7) is 0.370. The Morgan fingerprint density at radius 1 is 1.27 bits per heavy atom. The second-order valence-corrected chi connectivity index (χ2v) is 5.83. The third-order valence-corrected chi connectivity index (χ3v) is 4.04. The number of hydrogen-bond donors (Lipinski definition) is 2. The molecule has 1 aliphatic rings. The van der Waals surface area contributed by atoms with E-state index in [1.54, 1.807) is 31.4 Å². The van der Waals surface area contributed by atoms with Crippen molar-refractivity contribution in [2.24, 2.45) is 0 Å². The van der Waals surface area contributed by atoms with E-state index in [4.69, 9.17) is 9.15 Å². The molecule has 1 saturated heterocycles. The lowest BCUT2D eigenvalue weighted by Crippen LogP contribution is -2.36. The minimum absolute atomic E-state index is 0.0433. The van der Waals surface area contributed by atoms with Gasteiger partial charge in [-0.05, 0) is 29.8 Å². The summed E-state index contributed by atoms with van der Waals surface area (Å²) in [5, 5.41) is 5.27. The van der Waals surface area contributed by atoms with Crippen molar-refractivity contribution >= 4 is 17.8 Å². The maximum Gasteiger partial charge on any atom is 0.325 e. The summed E-state index contributed by atoms with van der Waals surface area (Å²) in [4.78, 5) is 37.4. The largest absolute Gasteiger partial charge is 0.497 e. The number of nitrogens with one attached hydrogen (secondary N) is 2. The fourth-order valence-electron chi connectivity index (χ4n) is 2.62. The Hall–Kier alpha value is -3.29. The Balaban J connectivity index is 1.50. The van der Waals surface area contributed by atoms with Gasteiger partial charge >= 0.3 is 6.03 Å².